The number of nitrogens with one attached hydrogen (secondary N) is 1. The summed E-state index contributed by atoms with van der Waals surface area (Å²) in [6.45, 7) is 3.14. The van der Waals surface area contributed by atoms with Crippen LogP contribution in [0, 0.1) is 5.41 Å². The second kappa shape index (κ2) is 5.41. The van der Waals surface area contributed by atoms with E-state index in [9.17, 15) is 0 Å². The predicted molar refractivity (Wildman–Crippen MR) is 72.2 cm³/mol. The first-order chi connectivity index (χ1) is 7.70. The topological polar surface area (TPSA) is 27.6 Å². The van der Waals surface area contributed by atoms with Gasteiger partial charge in [-0.15, -0.1) is 0 Å². The Bertz CT molecular complexity index is 257. The van der Waals surface area contributed by atoms with Crippen molar-refractivity contribution >= 4 is 16.9 Å². The van der Waals surface area contributed by atoms with E-state index in [0.29, 0.717) is 5.41 Å². The minimum absolute atomic E-state index is 0.567. The van der Waals surface area contributed by atoms with E-state index in [-0.39, 0.29) is 0 Å². The third kappa shape index (κ3) is 3.14. The van der Waals surface area contributed by atoms with Gasteiger partial charge in [-0.1, -0.05) is 24.6 Å². The molecule has 0 aromatic carbocycles. The van der Waals surface area contributed by atoms with Gasteiger partial charge < -0.3 is 10.2 Å². The van der Waals surface area contributed by atoms with Gasteiger partial charge in [-0.25, -0.2) is 0 Å². The zero-order valence-electron chi connectivity index (χ0n) is 10.5. The highest BCUT2D eigenvalue weighted by molar-refractivity contribution is 8.13. The number of hydrogen-bond donors (Lipinski definition) is 1. The minimum atomic E-state index is 0.567. The summed E-state index contributed by atoms with van der Waals surface area (Å²) in [5.74, 6) is 1.28. The molecule has 3 nitrogen and oxygen atoms in total. The lowest BCUT2D eigenvalue weighted by molar-refractivity contribution is 0.358. The largest absolute Gasteiger partial charge is 0.364 e. The second-order valence-corrected chi connectivity index (χ2v) is 6.31. The minimum Gasteiger partial charge on any atom is -0.364 e. The molecule has 0 aromatic heterocycles. The van der Waals surface area contributed by atoms with Crippen LogP contribution in [-0.4, -0.2) is 49.6 Å². The Hall–Kier alpha value is -0.220. The number of nitrogens with zero attached hydrogens (tertiary/aromatic N) is 2. The number of thioether (sulfide) groups is 1. The number of amidine groups is 1. The van der Waals surface area contributed by atoms with E-state index < -0.39 is 0 Å². The van der Waals surface area contributed by atoms with Gasteiger partial charge in [0.25, 0.3) is 0 Å². The molecule has 1 heterocycles. The fourth-order valence-corrected chi connectivity index (χ4v) is 3.66. The van der Waals surface area contributed by atoms with E-state index in [2.05, 4.69) is 24.3 Å². The Kier molecular flexibility index (Phi) is 4.14. The molecule has 0 unspecified atom stereocenters. The third-order valence-electron chi connectivity index (χ3n) is 3.57. The molecule has 2 rings (SSSR count). The second-order valence-electron chi connectivity index (χ2n) is 5.35. The van der Waals surface area contributed by atoms with Crippen LogP contribution in [0.5, 0.6) is 0 Å². The van der Waals surface area contributed by atoms with Crippen LogP contribution in [0.3, 0.4) is 0 Å². The van der Waals surface area contributed by atoms with Crippen molar-refractivity contribution in [2.45, 2.75) is 25.7 Å². The molecule has 0 saturated heterocycles. The summed E-state index contributed by atoms with van der Waals surface area (Å²) in [6.07, 6.45) is 5.63. The fourth-order valence-electron chi connectivity index (χ4n) is 2.47. The highest BCUT2D eigenvalue weighted by Gasteiger charge is 2.36. The van der Waals surface area contributed by atoms with E-state index in [1.54, 1.807) is 0 Å². The Balaban J connectivity index is 1.75. The molecular formula is C12H23N3S. The van der Waals surface area contributed by atoms with Crippen molar-refractivity contribution in [3.8, 4) is 0 Å². The third-order valence-corrected chi connectivity index (χ3v) is 4.88. The highest BCUT2D eigenvalue weighted by Crippen LogP contribution is 2.43. The fraction of sp³-hybridized carbons (Fsp3) is 0.917. The molecule has 0 bridgehead atoms. The molecule has 2 aliphatic rings. The maximum atomic E-state index is 4.71. The number of hydrogen-bond acceptors (Lipinski definition) is 4. The van der Waals surface area contributed by atoms with E-state index in [1.165, 1.54) is 36.6 Å². The van der Waals surface area contributed by atoms with Crippen molar-refractivity contribution in [1.29, 1.82) is 0 Å². The molecule has 0 atom stereocenters. The Labute approximate surface area is 103 Å². The normalized spacial score (nSPS) is 23.8. The van der Waals surface area contributed by atoms with Gasteiger partial charge in [0.15, 0.2) is 5.17 Å². The molecule has 92 valence electrons. The van der Waals surface area contributed by atoms with Crippen molar-refractivity contribution in [2.75, 3.05) is 39.5 Å². The molecule has 1 aliphatic heterocycles. The van der Waals surface area contributed by atoms with Crippen LogP contribution in [0.15, 0.2) is 4.99 Å². The van der Waals surface area contributed by atoms with E-state index in [4.69, 9.17) is 4.99 Å². The lowest BCUT2D eigenvalue weighted by Gasteiger charge is -2.31. The van der Waals surface area contributed by atoms with Gasteiger partial charge in [-0.3, -0.25) is 4.99 Å². The van der Waals surface area contributed by atoms with Crippen LogP contribution in [0.1, 0.15) is 25.7 Å². The van der Waals surface area contributed by atoms with Gasteiger partial charge in [0, 0.05) is 25.4 Å². The van der Waals surface area contributed by atoms with Gasteiger partial charge in [-0.2, -0.15) is 0 Å². The molecule has 0 amide bonds. The van der Waals surface area contributed by atoms with E-state index in [0.717, 1.165) is 19.6 Å². The summed E-state index contributed by atoms with van der Waals surface area (Å²) in [4.78, 5) is 6.91. The van der Waals surface area contributed by atoms with Gasteiger partial charge >= 0.3 is 0 Å². The number of likely N-dealkylation sites (N-methyl/N-ethyl adjacent to an activating group) is 1. The molecule has 1 fully saturated rings. The Morgan fingerprint density at radius 3 is 2.69 bits per heavy atom. The quantitative estimate of drug-likeness (QED) is 0.816. The van der Waals surface area contributed by atoms with Crippen molar-refractivity contribution in [2.24, 2.45) is 10.4 Å². The summed E-state index contributed by atoms with van der Waals surface area (Å²) in [7, 11) is 4.20. The number of aliphatic imine (C=N–C) groups is 1. The predicted octanol–water partition coefficient (Wildman–Crippen LogP) is 1.80. The monoisotopic (exact) mass is 241 g/mol. The van der Waals surface area contributed by atoms with E-state index in [1.807, 2.05) is 11.8 Å². The first kappa shape index (κ1) is 12.2. The molecule has 1 spiro atoms. The SMILES string of the molecule is CN(C)CCNC1=NCC2(CCCC2)CS1. The van der Waals surface area contributed by atoms with Gasteiger partial charge in [0.2, 0.25) is 0 Å². The maximum Gasteiger partial charge on any atom is 0.156 e. The van der Waals surface area contributed by atoms with Crippen LogP contribution in [0.25, 0.3) is 0 Å². The van der Waals surface area contributed by atoms with Crippen molar-refractivity contribution in [3.05, 3.63) is 0 Å². The molecule has 16 heavy (non-hydrogen) atoms. The molecular weight excluding hydrogens is 218 g/mol. The maximum absolute atomic E-state index is 4.71. The first-order valence-corrected chi connectivity index (χ1v) is 7.25. The molecule has 1 saturated carbocycles. The molecule has 4 heteroatoms. The smallest absolute Gasteiger partial charge is 0.156 e. The Morgan fingerprint density at radius 1 is 1.38 bits per heavy atom. The number of rotatable bonds is 3. The van der Waals surface area contributed by atoms with Crippen LogP contribution in [0.4, 0.5) is 0 Å². The van der Waals surface area contributed by atoms with Crippen LogP contribution < -0.4 is 5.32 Å². The lowest BCUT2D eigenvalue weighted by atomic mass is 9.89. The first-order valence-electron chi connectivity index (χ1n) is 6.26. The molecule has 0 radical (unpaired) electrons. The van der Waals surface area contributed by atoms with Crippen molar-refractivity contribution in [3.63, 3.8) is 0 Å². The molecule has 0 aromatic rings. The average molecular weight is 241 g/mol. The summed E-state index contributed by atoms with van der Waals surface area (Å²) >= 11 is 1.93. The van der Waals surface area contributed by atoms with Crippen molar-refractivity contribution < 1.29 is 0 Å². The van der Waals surface area contributed by atoms with Crippen LogP contribution >= 0.6 is 11.8 Å². The van der Waals surface area contributed by atoms with Gasteiger partial charge in [-0.05, 0) is 32.4 Å². The molecule has 1 N–H and O–H groups in total. The average Bonchev–Trinajstić information content (AvgIpc) is 2.70. The Morgan fingerprint density at radius 2 is 2.12 bits per heavy atom. The van der Waals surface area contributed by atoms with Crippen molar-refractivity contribution in [1.82, 2.24) is 10.2 Å². The summed E-state index contributed by atoms with van der Waals surface area (Å²) in [5.41, 5.74) is 0.567. The van der Waals surface area contributed by atoms with Gasteiger partial charge in [0.1, 0.15) is 0 Å². The van der Waals surface area contributed by atoms with E-state index >= 15 is 0 Å². The summed E-state index contributed by atoms with van der Waals surface area (Å²) in [5, 5.41) is 4.60. The van der Waals surface area contributed by atoms with Crippen LogP contribution in [-0.2, 0) is 0 Å². The van der Waals surface area contributed by atoms with Crippen LogP contribution in [0.2, 0.25) is 0 Å². The zero-order chi connectivity index (χ0) is 11.4. The molecule has 1 aliphatic carbocycles. The highest BCUT2D eigenvalue weighted by atomic mass is 32.2. The summed E-state index contributed by atoms with van der Waals surface area (Å²) < 4.78 is 0. The summed E-state index contributed by atoms with van der Waals surface area (Å²) in [6, 6.07) is 0. The lowest BCUT2D eigenvalue weighted by Crippen LogP contribution is -2.36. The zero-order valence-corrected chi connectivity index (χ0v) is 11.3. The standard InChI is InChI=1S/C12H23N3S/c1-15(2)8-7-13-11-14-9-12(10-16-11)5-3-4-6-12/h3-10H2,1-2H3,(H,13,14). The van der Waals surface area contributed by atoms with Gasteiger partial charge in [0.05, 0.1) is 0 Å².